The van der Waals surface area contributed by atoms with Gasteiger partial charge in [0.1, 0.15) is 0 Å². The lowest BCUT2D eigenvalue weighted by atomic mass is 10.3. The highest BCUT2D eigenvalue weighted by molar-refractivity contribution is 7.99. The van der Waals surface area contributed by atoms with Crippen molar-refractivity contribution >= 4 is 17.7 Å². The molecule has 0 aromatic rings. The zero-order valence-electron chi connectivity index (χ0n) is 8.82. The van der Waals surface area contributed by atoms with Gasteiger partial charge in [-0.1, -0.05) is 13.8 Å². The lowest BCUT2D eigenvalue weighted by Gasteiger charge is -2.16. The first-order valence-electron chi connectivity index (χ1n) is 4.87. The molecule has 0 heterocycles. The number of nitrogens with two attached hydrogens (primary N) is 1. The quantitative estimate of drug-likeness (QED) is 0.536. The van der Waals surface area contributed by atoms with Gasteiger partial charge in [-0.05, 0) is 13.0 Å². The summed E-state index contributed by atoms with van der Waals surface area (Å²) < 4.78 is 0. The number of primary amides is 1. The maximum absolute atomic E-state index is 11.0. The van der Waals surface area contributed by atoms with E-state index in [0.717, 1.165) is 13.0 Å². The van der Waals surface area contributed by atoms with Gasteiger partial charge in [-0.25, -0.2) is 0 Å². The fourth-order valence-corrected chi connectivity index (χ4v) is 2.09. The molecule has 84 valence electrons. The van der Waals surface area contributed by atoms with Crippen molar-refractivity contribution in [1.82, 2.24) is 5.32 Å². The Labute approximate surface area is 89.6 Å². The summed E-state index contributed by atoms with van der Waals surface area (Å²) in [5.74, 6) is 0.361. The zero-order chi connectivity index (χ0) is 11.0. The molecule has 2 atom stereocenters. The number of rotatable bonds is 8. The first-order valence-corrected chi connectivity index (χ1v) is 5.91. The molecule has 14 heavy (non-hydrogen) atoms. The SMILES string of the molecule is CCNC(CSC(C)CCO)C(N)=O. The van der Waals surface area contributed by atoms with Crippen molar-refractivity contribution < 1.29 is 9.90 Å². The zero-order valence-corrected chi connectivity index (χ0v) is 9.64. The predicted octanol–water partition coefficient (Wildman–Crippen LogP) is -0.0461. The Morgan fingerprint density at radius 2 is 2.29 bits per heavy atom. The lowest BCUT2D eigenvalue weighted by molar-refractivity contribution is -0.119. The highest BCUT2D eigenvalue weighted by Crippen LogP contribution is 2.14. The molecule has 0 rings (SSSR count). The second kappa shape index (κ2) is 8.08. The van der Waals surface area contributed by atoms with Crippen LogP contribution < -0.4 is 11.1 Å². The van der Waals surface area contributed by atoms with Crippen molar-refractivity contribution in [2.24, 2.45) is 5.73 Å². The molecule has 0 aliphatic carbocycles. The topological polar surface area (TPSA) is 75.3 Å². The highest BCUT2D eigenvalue weighted by Gasteiger charge is 2.14. The van der Waals surface area contributed by atoms with Gasteiger partial charge in [0.2, 0.25) is 5.91 Å². The average molecular weight is 220 g/mol. The first-order chi connectivity index (χ1) is 6.61. The van der Waals surface area contributed by atoms with Gasteiger partial charge < -0.3 is 16.2 Å². The van der Waals surface area contributed by atoms with E-state index in [4.69, 9.17) is 10.8 Å². The van der Waals surface area contributed by atoms with Gasteiger partial charge >= 0.3 is 0 Å². The molecular weight excluding hydrogens is 200 g/mol. The second-order valence-electron chi connectivity index (χ2n) is 3.17. The summed E-state index contributed by atoms with van der Waals surface area (Å²) in [6, 6.07) is -0.258. The minimum Gasteiger partial charge on any atom is -0.396 e. The van der Waals surface area contributed by atoms with Crippen molar-refractivity contribution in [3.8, 4) is 0 Å². The van der Waals surface area contributed by atoms with Gasteiger partial charge in [0, 0.05) is 17.6 Å². The molecule has 0 aliphatic rings. The maximum Gasteiger partial charge on any atom is 0.235 e. The van der Waals surface area contributed by atoms with E-state index in [2.05, 4.69) is 5.32 Å². The third kappa shape index (κ3) is 6.23. The Balaban J connectivity index is 3.75. The number of thioether (sulfide) groups is 1. The fraction of sp³-hybridized carbons (Fsp3) is 0.889. The Bertz CT molecular complexity index is 167. The van der Waals surface area contributed by atoms with Crippen LogP contribution in [0.4, 0.5) is 0 Å². The standard InChI is InChI=1S/C9H20N2O2S/c1-3-11-8(9(10)13)6-14-7(2)4-5-12/h7-8,11-12H,3-6H2,1-2H3,(H2,10,13). The van der Waals surface area contributed by atoms with Gasteiger partial charge in [0.25, 0.3) is 0 Å². The smallest absolute Gasteiger partial charge is 0.235 e. The number of aliphatic hydroxyl groups excluding tert-OH is 1. The van der Waals surface area contributed by atoms with E-state index in [-0.39, 0.29) is 18.6 Å². The summed E-state index contributed by atoms with van der Waals surface area (Å²) in [7, 11) is 0. The monoisotopic (exact) mass is 220 g/mol. The van der Waals surface area contributed by atoms with Crippen molar-refractivity contribution in [3.05, 3.63) is 0 Å². The molecule has 0 bridgehead atoms. The fourth-order valence-electron chi connectivity index (χ4n) is 1.01. The molecule has 4 N–H and O–H groups in total. The number of hydrogen-bond donors (Lipinski definition) is 3. The van der Waals surface area contributed by atoms with Crippen LogP contribution in [-0.4, -0.2) is 41.2 Å². The number of carbonyl (C=O) groups is 1. The van der Waals surface area contributed by atoms with E-state index >= 15 is 0 Å². The number of amides is 1. The summed E-state index contributed by atoms with van der Waals surface area (Å²) in [5, 5.41) is 12.1. The molecule has 1 amide bonds. The van der Waals surface area contributed by atoms with Crippen LogP contribution in [0.3, 0.4) is 0 Å². The minimum atomic E-state index is -0.310. The van der Waals surface area contributed by atoms with E-state index in [0.29, 0.717) is 11.0 Å². The molecule has 0 aromatic heterocycles. The molecular formula is C9H20N2O2S. The minimum absolute atomic E-state index is 0.191. The molecule has 0 spiro atoms. The summed E-state index contributed by atoms with van der Waals surface area (Å²) in [6.45, 7) is 4.90. The van der Waals surface area contributed by atoms with Gasteiger partial charge in [-0.15, -0.1) is 0 Å². The van der Waals surface area contributed by atoms with Crippen LogP contribution in [0.2, 0.25) is 0 Å². The molecule has 2 unspecified atom stereocenters. The van der Waals surface area contributed by atoms with Crippen LogP contribution >= 0.6 is 11.8 Å². The summed E-state index contributed by atoms with van der Waals surface area (Å²) in [5.41, 5.74) is 5.22. The van der Waals surface area contributed by atoms with E-state index in [1.807, 2.05) is 13.8 Å². The largest absolute Gasteiger partial charge is 0.396 e. The van der Waals surface area contributed by atoms with Gasteiger partial charge in [-0.2, -0.15) is 11.8 Å². The van der Waals surface area contributed by atoms with Crippen molar-refractivity contribution in [2.45, 2.75) is 31.6 Å². The van der Waals surface area contributed by atoms with Gasteiger partial charge in [-0.3, -0.25) is 4.79 Å². The van der Waals surface area contributed by atoms with Crippen LogP contribution in [0.1, 0.15) is 20.3 Å². The number of hydrogen-bond acceptors (Lipinski definition) is 4. The summed E-state index contributed by atoms with van der Waals surface area (Å²) in [6.07, 6.45) is 0.752. The van der Waals surface area contributed by atoms with Crippen molar-refractivity contribution in [2.75, 3.05) is 18.9 Å². The molecule has 0 saturated heterocycles. The maximum atomic E-state index is 11.0. The third-order valence-electron chi connectivity index (χ3n) is 1.88. The first kappa shape index (κ1) is 13.7. The molecule has 5 heteroatoms. The van der Waals surface area contributed by atoms with E-state index in [9.17, 15) is 4.79 Å². The molecule has 0 radical (unpaired) electrons. The van der Waals surface area contributed by atoms with Crippen LogP contribution in [0, 0.1) is 0 Å². The Kier molecular flexibility index (Phi) is 7.93. The average Bonchev–Trinajstić information content (AvgIpc) is 2.12. The van der Waals surface area contributed by atoms with Gasteiger partial charge in [0.05, 0.1) is 6.04 Å². The van der Waals surface area contributed by atoms with E-state index in [1.54, 1.807) is 11.8 Å². The molecule has 4 nitrogen and oxygen atoms in total. The van der Waals surface area contributed by atoms with Crippen LogP contribution in [-0.2, 0) is 4.79 Å². The normalized spacial score (nSPS) is 15.1. The second-order valence-corrected chi connectivity index (χ2v) is 4.64. The van der Waals surface area contributed by atoms with Crippen LogP contribution in [0.25, 0.3) is 0 Å². The number of likely N-dealkylation sites (N-methyl/N-ethyl adjacent to an activating group) is 1. The number of nitrogens with one attached hydrogen (secondary N) is 1. The van der Waals surface area contributed by atoms with Crippen molar-refractivity contribution in [3.63, 3.8) is 0 Å². The predicted molar refractivity (Wildman–Crippen MR) is 60.3 cm³/mol. The van der Waals surface area contributed by atoms with Crippen LogP contribution in [0.5, 0.6) is 0 Å². The summed E-state index contributed by atoms with van der Waals surface area (Å²) >= 11 is 1.65. The number of carbonyl (C=O) groups excluding carboxylic acids is 1. The Morgan fingerprint density at radius 3 is 2.71 bits per heavy atom. The third-order valence-corrected chi connectivity index (χ3v) is 3.21. The Morgan fingerprint density at radius 1 is 1.64 bits per heavy atom. The molecule has 0 aromatic carbocycles. The number of aliphatic hydroxyl groups is 1. The molecule has 0 fully saturated rings. The van der Waals surface area contributed by atoms with Gasteiger partial charge in [0.15, 0.2) is 0 Å². The lowest BCUT2D eigenvalue weighted by Crippen LogP contribution is -2.43. The molecule has 0 saturated carbocycles. The van der Waals surface area contributed by atoms with E-state index < -0.39 is 0 Å². The van der Waals surface area contributed by atoms with E-state index in [1.165, 1.54) is 0 Å². The molecule has 0 aliphatic heterocycles. The van der Waals surface area contributed by atoms with Crippen molar-refractivity contribution in [1.29, 1.82) is 0 Å². The Hall–Kier alpha value is -0.260. The summed E-state index contributed by atoms with van der Waals surface area (Å²) in [4.78, 5) is 11.0. The highest BCUT2D eigenvalue weighted by atomic mass is 32.2. The van der Waals surface area contributed by atoms with Crippen LogP contribution in [0.15, 0.2) is 0 Å².